The Morgan fingerprint density at radius 1 is 1.17 bits per heavy atom. The molecule has 5 heteroatoms. The molecule has 2 N–H and O–H groups in total. The van der Waals surface area contributed by atoms with E-state index in [0.29, 0.717) is 23.9 Å². The van der Waals surface area contributed by atoms with Crippen molar-refractivity contribution in [2.24, 2.45) is 0 Å². The number of aromatic nitrogens is 1. The molecule has 5 nitrogen and oxygen atoms in total. The standard InChI is InChI=1S/C18H21N3O2/c1-18(2,3)13-6-4-12(5-7-13)10-21-16(22)11-23-14-8-9-15(19)20-17(14)21/h4-9H,10-11H2,1-3H3,(H2,19,20). The second-order valence-corrected chi connectivity index (χ2v) is 6.77. The first-order valence-electron chi connectivity index (χ1n) is 7.64. The Kier molecular flexibility index (Phi) is 3.72. The van der Waals surface area contributed by atoms with Gasteiger partial charge in [-0.25, -0.2) is 4.98 Å². The monoisotopic (exact) mass is 311 g/mol. The summed E-state index contributed by atoms with van der Waals surface area (Å²) in [4.78, 5) is 18.1. The summed E-state index contributed by atoms with van der Waals surface area (Å²) in [6, 6.07) is 11.7. The molecule has 120 valence electrons. The zero-order valence-corrected chi connectivity index (χ0v) is 13.7. The fraction of sp³-hybridized carbons (Fsp3) is 0.333. The molecule has 1 aromatic carbocycles. The van der Waals surface area contributed by atoms with E-state index < -0.39 is 0 Å². The van der Waals surface area contributed by atoms with Crippen molar-refractivity contribution in [3.8, 4) is 5.75 Å². The number of nitrogens with zero attached hydrogens (tertiary/aromatic N) is 2. The molecule has 0 saturated carbocycles. The van der Waals surface area contributed by atoms with E-state index in [1.165, 1.54) is 5.56 Å². The summed E-state index contributed by atoms with van der Waals surface area (Å²) in [6.45, 7) is 7.01. The number of amides is 1. The average molecular weight is 311 g/mol. The number of ether oxygens (including phenoxy) is 1. The number of nitrogen functional groups attached to an aromatic ring is 1. The molecule has 0 saturated heterocycles. The molecular formula is C18H21N3O2. The van der Waals surface area contributed by atoms with Crippen molar-refractivity contribution in [2.45, 2.75) is 32.7 Å². The third kappa shape index (κ3) is 3.13. The van der Waals surface area contributed by atoms with Crippen LogP contribution in [0.3, 0.4) is 0 Å². The largest absolute Gasteiger partial charge is 0.480 e. The molecule has 0 fully saturated rings. The van der Waals surface area contributed by atoms with Crippen molar-refractivity contribution < 1.29 is 9.53 Å². The molecule has 0 atom stereocenters. The van der Waals surface area contributed by atoms with E-state index in [9.17, 15) is 4.79 Å². The van der Waals surface area contributed by atoms with Gasteiger partial charge in [-0.15, -0.1) is 0 Å². The van der Waals surface area contributed by atoms with Gasteiger partial charge in [-0.1, -0.05) is 45.0 Å². The second-order valence-electron chi connectivity index (χ2n) is 6.77. The highest BCUT2D eigenvalue weighted by molar-refractivity contribution is 5.96. The third-order valence-electron chi connectivity index (χ3n) is 3.93. The van der Waals surface area contributed by atoms with Gasteiger partial charge in [-0.3, -0.25) is 9.69 Å². The molecule has 0 aliphatic carbocycles. The number of carbonyl (C=O) groups is 1. The van der Waals surface area contributed by atoms with Gasteiger partial charge < -0.3 is 10.5 Å². The molecule has 1 aliphatic heterocycles. The maximum Gasteiger partial charge on any atom is 0.266 e. The van der Waals surface area contributed by atoms with Crippen molar-refractivity contribution in [2.75, 3.05) is 17.2 Å². The molecule has 1 aromatic heterocycles. The minimum Gasteiger partial charge on any atom is -0.480 e. The van der Waals surface area contributed by atoms with Crippen LogP contribution in [0, 0.1) is 0 Å². The van der Waals surface area contributed by atoms with Crippen LogP contribution in [0.4, 0.5) is 11.6 Å². The predicted molar refractivity (Wildman–Crippen MR) is 90.5 cm³/mol. The molecule has 0 bridgehead atoms. The lowest BCUT2D eigenvalue weighted by atomic mass is 9.87. The first kappa shape index (κ1) is 15.3. The zero-order chi connectivity index (χ0) is 16.6. The Balaban J connectivity index is 1.88. The normalized spacial score (nSPS) is 14.4. The second kappa shape index (κ2) is 5.57. The summed E-state index contributed by atoms with van der Waals surface area (Å²) >= 11 is 0. The van der Waals surface area contributed by atoms with Crippen LogP contribution < -0.4 is 15.4 Å². The predicted octanol–water partition coefficient (Wildman–Crippen LogP) is 2.89. The topological polar surface area (TPSA) is 68.5 Å². The van der Waals surface area contributed by atoms with Gasteiger partial charge in [0.1, 0.15) is 5.82 Å². The highest BCUT2D eigenvalue weighted by Crippen LogP contribution is 2.32. The van der Waals surface area contributed by atoms with Crippen LogP contribution in [0.25, 0.3) is 0 Å². The van der Waals surface area contributed by atoms with E-state index in [-0.39, 0.29) is 17.9 Å². The first-order chi connectivity index (χ1) is 10.8. The number of rotatable bonds is 2. The average Bonchev–Trinajstić information content (AvgIpc) is 2.50. The van der Waals surface area contributed by atoms with Crippen LogP contribution in [0.1, 0.15) is 31.9 Å². The Hall–Kier alpha value is -2.56. The Labute approximate surface area is 136 Å². The van der Waals surface area contributed by atoms with Gasteiger partial charge in [0.25, 0.3) is 5.91 Å². The molecule has 23 heavy (non-hydrogen) atoms. The highest BCUT2D eigenvalue weighted by atomic mass is 16.5. The number of hydrogen-bond donors (Lipinski definition) is 1. The molecule has 1 aliphatic rings. The molecule has 2 aromatic rings. The molecule has 1 amide bonds. The van der Waals surface area contributed by atoms with Crippen LogP contribution in [0.15, 0.2) is 36.4 Å². The number of hydrogen-bond acceptors (Lipinski definition) is 4. The molecule has 2 heterocycles. The van der Waals surface area contributed by atoms with Crippen molar-refractivity contribution >= 4 is 17.5 Å². The van der Waals surface area contributed by atoms with E-state index >= 15 is 0 Å². The van der Waals surface area contributed by atoms with E-state index in [1.54, 1.807) is 17.0 Å². The molecule has 0 unspecified atom stereocenters. The number of anilines is 2. The summed E-state index contributed by atoms with van der Waals surface area (Å²) in [7, 11) is 0. The van der Waals surface area contributed by atoms with Crippen LogP contribution in [0.2, 0.25) is 0 Å². The maximum absolute atomic E-state index is 12.2. The quantitative estimate of drug-likeness (QED) is 0.926. The van der Waals surface area contributed by atoms with Gasteiger partial charge in [0.2, 0.25) is 0 Å². The summed E-state index contributed by atoms with van der Waals surface area (Å²) < 4.78 is 5.41. The summed E-state index contributed by atoms with van der Waals surface area (Å²) in [5, 5.41) is 0. The third-order valence-corrected chi connectivity index (χ3v) is 3.93. The lowest BCUT2D eigenvalue weighted by Gasteiger charge is -2.28. The number of benzene rings is 1. The van der Waals surface area contributed by atoms with Crippen LogP contribution >= 0.6 is 0 Å². The van der Waals surface area contributed by atoms with Crippen LogP contribution in [0.5, 0.6) is 5.75 Å². The Morgan fingerprint density at radius 3 is 2.52 bits per heavy atom. The minimum absolute atomic E-state index is 0.0265. The number of carbonyl (C=O) groups excluding carboxylic acids is 1. The summed E-state index contributed by atoms with van der Waals surface area (Å²) in [5.41, 5.74) is 8.16. The lowest BCUT2D eigenvalue weighted by molar-refractivity contribution is -0.121. The van der Waals surface area contributed by atoms with E-state index in [2.05, 4.69) is 50.0 Å². The smallest absolute Gasteiger partial charge is 0.266 e. The van der Waals surface area contributed by atoms with E-state index in [1.807, 2.05) is 0 Å². The van der Waals surface area contributed by atoms with Crippen molar-refractivity contribution in [1.82, 2.24) is 4.98 Å². The van der Waals surface area contributed by atoms with Gasteiger partial charge >= 0.3 is 0 Å². The van der Waals surface area contributed by atoms with Gasteiger partial charge in [0.05, 0.1) is 6.54 Å². The summed E-state index contributed by atoms with van der Waals surface area (Å²) in [6.07, 6.45) is 0. The van der Waals surface area contributed by atoms with Crippen molar-refractivity contribution in [3.05, 3.63) is 47.5 Å². The fourth-order valence-electron chi connectivity index (χ4n) is 2.55. The fourth-order valence-corrected chi connectivity index (χ4v) is 2.55. The zero-order valence-electron chi connectivity index (χ0n) is 13.7. The van der Waals surface area contributed by atoms with Gasteiger partial charge in [0.15, 0.2) is 18.2 Å². The molecule has 3 rings (SSSR count). The highest BCUT2D eigenvalue weighted by Gasteiger charge is 2.27. The van der Waals surface area contributed by atoms with Gasteiger partial charge in [-0.2, -0.15) is 0 Å². The van der Waals surface area contributed by atoms with Gasteiger partial charge in [-0.05, 0) is 28.7 Å². The minimum atomic E-state index is -0.115. The number of pyridine rings is 1. The number of nitrogens with two attached hydrogens (primary N) is 1. The van der Waals surface area contributed by atoms with Crippen molar-refractivity contribution in [3.63, 3.8) is 0 Å². The summed E-state index contributed by atoms with van der Waals surface area (Å²) in [5.74, 6) is 1.33. The lowest BCUT2D eigenvalue weighted by Crippen LogP contribution is -2.39. The van der Waals surface area contributed by atoms with Crippen molar-refractivity contribution in [1.29, 1.82) is 0 Å². The Morgan fingerprint density at radius 2 is 1.87 bits per heavy atom. The van der Waals surface area contributed by atoms with E-state index in [0.717, 1.165) is 5.56 Å². The number of fused-ring (bicyclic) bond motifs is 1. The van der Waals surface area contributed by atoms with Gasteiger partial charge in [0, 0.05) is 0 Å². The molecular weight excluding hydrogens is 290 g/mol. The van der Waals surface area contributed by atoms with Crippen LogP contribution in [-0.4, -0.2) is 17.5 Å². The maximum atomic E-state index is 12.2. The van der Waals surface area contributed by atoms with Crippen LogP contribution in [-0.2, 0) is 16.8 Å². The SMILES string of the molecule is CC(C)(C)c1ccc(CN2C(=O)COc3ccc(N)nc32)cc1. The van der Waals surface area contributed by atoms with E-state index in [4.69, 9.17) is 10.5 Å². The first-order valence-corrected chi connectivity index (χ1v) is 7.64. The Bertz CT molecular complexity index is 733. The molecule has 0 spiro atoms. The molecule has 0 radical (unpaired) electrons.